The van der Waals surface area contributed by atoms with Crippen molar-refractivity contribution in [1.82, 2.24) is 19.9 Å². The van der Waals surface area contributed by atoms with E-state index in [1.165, 1.54) is 32.1 Å². The molecule has 1 saturated carbocycles. The van der Waals surface area contributed by atoms with Crippen molar-refractivity contribution in [2.24, 2.45) is 5.92 Å². The molecule has 0 saturated heterocycles. The summed E-state index contributed by atoms with van der Waals surface area (Å²) in [5.74, 6) is 3.03. The van der Waals surface area contributed by atoms with E-state index < -0.39 is 0 Å². The maximum Gasteiger partial charge on any atom is 0.232 e. The predicted octanol–water partition coefficient (Wildman–Crippen LogP) is 5.34. The van der Waals surface area contributed by atoms with E-state index >= 15 is 0 Å². The van der Waals surface area contributed by atoms with Crippen LogP contribution in [-0.4, -0.2) is 26.5 Å². The van der Waals surface area contributed by atoms with E-state index in [1.807, 2.05) is 17.6 Å². The van der Waals surface area contributed by atoms with Crippen LogP contribution in [0.2, 0.25) is 0 Å². The topological polar surface area (TPSA) is 75.6 Å². The minimum atomic E-state index is 0.243. The number of nitrogens with zero attached hydrogens (tertiary/aromatic N) is 4. The second kappa shape index (κ2) is 8.17. The molecule has 0 aliphatic heterocycles. The number of fused-ring (bicyclic) bond motifs is 1. The normalized spacial score (nSPS) is 15.4. The maximum atomic E-state index is 4.62. The van der Waals surface area contributed by atoms with E-state index in [0.717, 1.165) is 34.2 Å². The third kappa shape index (κ3) is 4.53. The standard InChI is InChI=1S/C20H26N6S/c1-13(2)18-24-19(21-11-14-6-4-3-5-7-14)26-20(25-18)23-15-8-9-16-17(10-15)27-12-22-16/h8-10,12-14H,3-7,11H2,1-2H3,(H2,21,23,24,25,26). The SMILES string of the molecule is CC(C)c1nc(NCC2CCCCC2)nc(Nc2ccc3ncsc3c2)n1. The lowest BCUT2D eigenvalue weighted by Gasteiger charge is -2.22. The van der Waals surface area contributed by atoms with Gasteiger partial charge < -0.3 is 10.6 Å². The molecule has 6 nitrogen and oxygen atoms in total. The number of aromatic nitrogens is 4. The Bertz CT molecular complexity index is 900. The molecule has 27 heavy (non-hydrogen) atoms. The average molecular weight is 383 g/mol. The van der Waals surface area contributed by atoms with E-state index in [0.29, 0.717) is 11.9 Å². The first-order valence-electron chi connectivity index (χ1n) is 9.77. The van der Waals surface area contributed by atoms with Gasteiger partial charge in [-0.25, -0.2) is 4.98 Å². The van der Waals surface area contributed by atoms with Crippen LogP contribution < -0.4 is 10.6 Å². The fourth-order valence-electron chi connectivity index (χ4n) is 3.47. The highest BCUT2D eigenvalue weighted by Gasteiger charge is 2.15. The van der Waals surface area contributed by atoms with Gasteiger partial charge in [-0.15, -0.1) is 11.3 Å². The molecule has 142 valence electrons. The number of rotatable bonds is 6. The average Bonchev–Trinajstić information content (AvgIpc) is 3.15. The smallest absolute Gasteiger partial charge is 0.232 e. The van der Waals surface area contributed by atoms with Crippen LogP contribution in [0, 0.1) is 5.92 Å². The molecule has 0 bridgehead atoms. The number of anilines is 3. The highest BCUT2D eigenvalue weighted by atomic mass is 32.1. The number of hydrogen-bond acceptors (Lipinski definition) is 7. The quantitative estimate of drug-likeness (QED) is 0.599. The summed E-state index contributed by atoms with van der Waals surface area (Å²) >= 11 is 1.63. The first-order valence-corrected chi connectivity index (χ1v) is 10.7. The fourth-order valence-corrected chi connectivity index (χ4v) is 4.19. The summed E-state index contributed by atoms with van der Waals surface area (Å²) in [6, 6.07) is 6.11. The zero-order valence-corrected chi connectivity index (χ0v) is 16.7. The van der Waals surface area contributed by atoms with Gasteiger partial charge in [0.2, 0.25) is 11.9 Å². The molecule has 1 fully saturated rings. The Labute approximate surface area is 163 Å². The van der Waals surface area contributed by atoms with Crippen LogP contribution in [0.1, 0.15) is 57.7 Å². The lowest BCUT2D eigenvalue weighted by Crippen LogP contribution is -2.19. The van der Waals surface area contributed by atoms with Gasteiger partial charge in [0.25, 0.3) is 0 Å². The van der Waals surface area contributed by atoms with Crippen molar-refractivity contribution in [2.75, 3.05) is 17.2 Å². The number of hydrogen-bond donors (Lipinski definition) is 2. The Morgan fingerprint density at radius 3 is 2.70 bits per heavy atom. The Morgan fingerprint density at radius 2 is 1.89 bits per heavy atom. The van der Waals surface area contributed by atoms with Crippen molar-refractivity contribution in [3.63, 3.8) is 0 Å². The van der Waals surface area contributed by atoms with E-state index in [2.05, 4.69) is 50.5 Å². The summed E-state index contributed by atoms with van der Waals surface area (Å²) in [5.41, 5.74) is 3.84. The van der Waals surface area contributed by atoms with Gasteiger partial charge in [0.15, 0.2) is 0 Å². The largest absolute Gasteiger partial charge is 0.354 e. The molecular formula is C20H26N6S. The van der Waals surface area contributed by atoms with E-state index in [4.69, 9.17) is 0 Å². The lowest BCUT2D eigenvalue weighted by molar-refractivity contribution is 0.373. The Balaban J connectivity index is 1.52. The molecular weight excluding hydrogens is 356 g/mol. The molecule has 0 atom stereocenters. The van der Waals surface area contributed by atoms with E-state index in [1.54, 1.807) is 11.3 Å². The summed E-state index contributed by atoms with van der Waals surface area (Å²) in [6.45, 7) is 5.15. The maximum absolute atomic E-state index is 4.62. The van der Waals surface area contributed by atoms with Crippen molar-refractivity contribution >= 4 is 39.1 Å². The third-order valence-electron chi connectivity index (χ3n) is 5.03. The molecule has 2 heterocycles. The van der Waals surface area contributed by atoms with Gasteiger partial charge in [0.1, 0.15) is 5.82 Å². The van der Waals surface area contributed by atoms with Crippen LogP contribution in [-0.2, 0) is 0 Å². The molecule has 1 aliphatic rings. The van der Waals surface area contributed by atoms with Crippen LogP contribution in [0.3, 0.4) is 0 Å². The summed E-state index contributed by atoms with van der Waals surface area (Å²) in [7, 11) is 0. The Kier molecular flexibility index (Phi) is 5.48. The minimum absolute atomic E-state index is 0.243. The summed E-state index contributed by atoms with van der Waals surface area (Å²) in [6.07, 6.45) is 6.66. The Morgan fingerprint density at radius 1 is 1.07 bits per heavy atom. The zero-order chi connectivity index (χ0) is 18.6. The van der Waals surface area contributed by atoms with Crippen molar-refractivity contribution < 1.29 is 0 Å². The highest BCUT2D eigenvalue weighted by Crippen LogP contribution is 2.25. The molecule has 0 amide bonds. The monoisotopic (exact) mass is 382 g/mol. The zero-order valence-electron chi connectivity index (χ0n) is 15.9. The van der Waals surface area contributed by atoms with E-state index in [9.17, 15) is 0 Å². The molecule has 4 rings (SSSR count). The van der Waals surface area contributed by atoms with Crippen LogP contribution in [0.15, 0.2) is 23.7 Å². The predicted molar refractivity (Wildman–Crippen MR) is 112 cm³/mol. The lowest BCUT2D eigenvalue weighted by atomic mass is 9.89. The first-order chi connectivity index (χ1) is 13.2. The molecule has 0 spiro atoms. The molecule has 7 heteroatoms. The van der Waals surface area contributed by atoms with E-state index in [-0.39, 0.29) is 5.92 Å². The van der Waals surface area contributed by atoms with Gasteiger partial charge in [0.05, 0.1) is 15.7 Å². The van der Waals surface area contributed by atoms with Crippen LogP contribution >= 0.6 is 11.3 Å². The van der Waals surface area contributed by atoms with Crippen LogP contribution in [0.4, 0.5) is 17.6 Å². The molecule has 3 aromatic rings. The van der Waals surface area contributed by atoms with Gasteiger partial charge in [-0.05, 0) is 37.0 Å². The molecule has 2 N–H and O–H groups in total. The summed E-state index contributed by atoms with van der Waals surface area (Å²) in [5, 5.41) is 6.79. The molecule has 2 aromatic heterocycles. The minimum Gasteiger partial charge on any atom is -0.354 e. The first kappa shape index (κ1) is 18.1. The number of nitrogens with one attached hydrogen (secondary N) is 2. The van der Waals surface area contributed by atoms with Crippen molar-refractivity contribution in [3.05, 3.63) is 29.5 Å². The van der Waals surface area contributed by atoms with Gasteiger partial charge in [-0.2, -0.15) is 15.0 Å². The van der Waals surface area contributed by atoms with Gasteiger partial charge >= 0.3 is 0 Å². The van der Waals surface area contributed by atoms with Crippen molar-refractivity contribution in [1.29, 1.82) is 0 Å². The third-order valence-corrected chi connectivity index (χ3v) is 5.82. The summed E-state index contributed by atoms with van der Waals surface area (Å²) in [4.78, 5) is 18.2. The summed E-state index contributed by atoms with van der Waals surface area (Å²) < 4.78 is 1.15. The van der Waals surface area contributed by atoms with Gasteiger partial charge in [-0.3, -0.25) is 0 Å². The van der Waals surface area contributed by atoms with Crippen molar-refractivity contribution in [2.45, 2.75) is 51.9 Å². The Hall–Kier alpha value is -2.28. The second-order valence-corrected chi connectivity index (χ2v) is 8.43. The second-order valence-electron chi connectivity index (χ2n) is 7.54. The molecule has 0 unspecified atom stereocenters. The fraction of sp³-hybridized carbons (Fsp3) is 0.500. The highest BCUT2D eigenvalue weighted by molar-refractivity contribution is 7.16. The number of benzene rings is 1. The van der Waals surface area contributed by atoms with Gasteiger partial charge in [-0.1, -0.05) is 33.1 Å². The molecule has 0 radical (unpaired) electrons. The number of thiazole rings is 1. The molecule has 1 aliphatic carbocycles. The van der Waals surface area contributed by atoms with Crippen LogP contribution in [0.5, 0.6) is 0 Å². The molecule has 1 aromatic carbocycles. The van der Waals surface area contributed by atoms with Crippen molar-refractivity contribution in [3.8, 4) is 0 Å². The van der Waals surface area contributed by atoms with Crippen LogP contribution in [0.25, 0.3) is 10.2 Å². The van der Waals surface area contributed by atoms with Gasteiger partial charge in [0, 0.05) is 18.2 Å².